The van der Waals surface area contributed by atoms with Gasteiger partial charge >= 0.3 is 5.97 Å². The maximum Gasteiger partial charge on any atom is 0.320 e. The molecule has 100 valence electrons. The van der Waals surface area contributed by atoms with Gasteiger partial charge in [0.1, 0.15) is 11.7 Å². The lowest BCUT2D eigenvalue weighted by Crippen LogP contribution is -2.38. The Morgan fingerprint density at radius 1 is 1.53 bits per heavy atom. The number of hydrogen-bond acceptors (Lipinski definition) is 3. The summed E-state index contributed by atoms with van der Waals surface area (Å²) >= 11 is 0. The fourth-order valence-electron chi connectivity index (χ4n) is 2.34. The van der Waals surface area contributed by atoms with E-state index in [9.17, 15) is 4.79 Å². The average Bonchev–Trinajstić information content (AvgIpc) is 3.09. The highest BCUT2D eigenvalue weighted by atomic mass is 16.4. The summed E-state index contributed by atoms with van der Waals surface area (Å²) in [7, 11) is 0. The lowest BCUT2D eigenvalue weighted by Gasteiger charge is -2.11. The molecule has 0 spiro atoms. The number of aryl methyl sites for hydroxylation is 1. The van der Waals surface area contributed by atoms with Gasteiger partial charge in [0.2, 0.25) is 0 Å². The molecule has 0 aliphatic heterocycles. The van der Waals surface area contributed by atoms with E-state index in [-0.39, 0.29) is 5.92 Å². The number of nitrogens with zero attached hydrogens (tertiary/aromatic N) is 2. The Hall–Kier alpha value is -1.88. The maximum absolute atomic E-state index is 11.1. The van der Waals surface area contributed by atoms with Gasteiger partial charge in [-0.05, 0) is 37.3 Å². The Bertz CT molecular complexity index is 616. The van der Waals surface area contributed by atoms with Crippen molar-refractivity contribution in [3.63, 3.8) is 0 Å². The van der Waals surface area contributed by atoms with E-state index in [4.69, 9.17) is 5.11 Å². The van der Waals surface area contributed by atoms with Crippen LogP contribution in [0.2, 0.25) is 0 Å². The van der Waals surface area contributed by atoms with Crippen LogP contribution in [0.4, 0.5) is 0 Å². The van der Waals surface area contributed by atoms with Crippen LogP contribution < -0.4 is 5.32 Å². The molecular formula is C14H17N3O2. The quantitative estimate of drug-likeness (QED) is 0.856. The van der Waals surface area contributed by atoms with Gasteiger partial charge in [0.05, 0.1) is 5.69 Å². The molecule has 0 radical (unpaired) electrons. The summed E-state index contributed by atoms with van der Waals surface area (Å²) < 4.78 is 1.97. The van der Waals surface area contributed by atoms with Crippen LogP contribution in [-0.2, 0) is 11.3 Å². The number of carboxylic acids is 1. The number of rotatable bonds is 5. The molecular weight excluding hydrogens is 242 g/mol. The van der Waals surface area contributed by atoms with Crippen molar-refractivity contribution in [3.05, 3.63) is 35.8 Å². The Labute approximate surface area is 111 Å². The average molecular weight is 259 g/mol. The van der Waals surface area contributed by atoms with Gasteiger partial charge in [-0.25, -0.2) is 4.98 Å². The van der Waals surface area contributed by atoms with E-state index in [1.54, 1.807) is 0 Å². The number of hydrogen-bond donors (Lipinski definition) is 2. The lowest BCUT2D eigenvalue weighted by molar-refractivity contribution is -0.140. The van der Waals surface area contributed by atoms with Gasteiger partial charge in [0, 0.05) is 18.9 Å². The highest BCUT2D eigenvalue weighted by molar-refractivity contribution is 5.74. The molecule has 1 atom stereocenters. The first kappa shape index (κ1) is 12.2. The van der Waals surface area contributed by atoms with Gasteiger partial charge in [0.25, 0.3) is 0 Å². The van der Waals surface area contributed by atoms with E-state index in [1.807, 2.05) is 35.9 Å². The molecule has 2 aromatic rings. The van der Waals surface area contributed by atoms with Gasteiger partial charge in [0.15, 0.2) is 0 Å². The van der Waals surface area contributed by atoms with Crippen LogP contribution >= 0.6 is 0 Å². The molecule has 2 heterocycles. The molecule has 1 aliphatic carbocycles. The first-order valence-corrected chi connectivity index (χ1v) is 6.54. The fourth-order valence-corrected chi connectivity index (χ4v) is 2.34. The zero-order valence-corrected chi connectivity index (χ0v) is 10.8. The zero-order valence-electron chi connectivity index (χ0n) is 10.8. The Morgan fingerprint density at radius 3 is 3.00 bits per heavy atom. The van der Waals surface area contributed by atoms with E-state index < -0.39 is 12.0 Å². The molecule has 0 bridgehead atoms. The number of aromatic nitrogens is 2. The van der Waals surface area contributed by atoms with Gasteiger partial charge in [-0.2, -0.15) is 0 Å². The van der Waals surface area contributed by atoms with Crippen molar-refractivity contribution >= 4 is 11.6 Å². The lowest BCUT2D eigenvalue weighted by atomic mass is 10.2. The number of carboxylic acid groups (broad SMARTS) is 1. The molecule has 0 saturated heterocycles. The summed E-state index contributed by atoms with van der Waals surface area (Å²) in [6.45, 7) is 2.53. The van der Waals surface area contributed by atoms with Gasteiger partial charge in [-0.1, -0.05) is 6.07 Å². The van der Waals surface area contributed by atoms with Crippen LogP contribution in [0, 0.1) is 12.8 Å². The number of imidazole rings is 1. The smallest absolute Gasteiger partial charge is 0.320 e. The summed E-state index contributed by atoms with van der Waals surface area (Å²) in [5.41, 5.74) is 2.93. The van der Waals surface area contributed by atoms with Crippen LogP contribution in [0.3, 0.4) is 0 Å². The normalized spacial score (nSPS) is 16.7. The first-order chi connectivity index (χ1) is 9.13. The summed E-state index contributed by atoms with van der Waals surface area (Å²) in [6.07, 6.45) is 5.98. The minimum absolute atomic E-state index is 0.289. The van der Waals surface area contributed by atoms with Crippen molar-refractivity contribution in [3.8, 4) is 0 Å². The molecule has 2 N–H and O–H groups in total. The van der Waals surface area contributed by atoms with Crippen LogP contribution in [0.5, 0.6) is 0 Å². The van der Waals surface area contributed by atoms with E-state index in [0.29, 0.717) is 6.54 Å². The van der Waals surface area contributed by atoms with E-state index >= 15 is 0 Å². The zero-order chi connectivity index (χ0) is 13.4. The van der Waals surface area contributed by atoms with E-state index in [2.05, 4.69) is 10.3 Å². The van der Waals surface area contributed by atoms with Crippen molar-refractivity contribution in [1.82, 2.24) is 14.7 Å². The van der Waals surface area contributed by atoms with Crippen molar-refractivity contribution in [2.24, 2.45) is 5.92 Å². The van der Waals surface area contributed by atoms with Gasteiger partial charge in [-0.15, -0.1) is 0 Å². The van der Waals surface area contributed by atoms with E-state index in [0.717, 1.165) is 24.2 Å². The van der Waals surface area contributed by atoms with E-state index in [1.165, 1.54) is 5.56 Å². The Morgan fingerprint density at radius 2 is 2.32 bits per heavy atom. The second-order valence-corrected chi connectivity index (χ2v) is 5.24. The van der Waals surface area contributed by atoms with Crippen LogP contribution in [0.15, 0.2) is 24.5 Å². The molecule has 19 heavy (non-hydrogen) atoms. The minimum atomic E-state index is -0.762. The predicted molar refractivity (Wildman–Crippen MR) is 70.9 cm³/mol. The molecule has 1 aliphatic rings. The number of pyridine rings is 1. The molecule has 0 amide bonds. The standard InChI is InChI=1S/C14H17N3O2/c1-9-2-5-12-16-11(8-17(12)7-9)6-15-13(14(18)19)10-3-4-10/h2,5,7-8,10,13,15H,3-4,6H2,1H3,(H,18,19). The molecule has 0 aromatic carbocycles. The predicted octanol–water partition coefficient (Wildman–Crippen LogP) is 1.60. The molecule has 5 nitrogen and oxygen atoms in total. The fraction of sp³-hybridized carbons (Fsp3) is 0.429. The highest BCUT2D eigenvalue weighted by Gasteiger charge is 2.35. The maximum atomic E-state index is 11.1. The second kappa shape index (κ2) is 4.66. The molecule has 5 heteroatoms. The number of nitrogens with one attached hydrogen (secondary N) is 1. The monoisotopic (exact) mass is 259 g/mol. The Balaban J connectivity index is 1.72. The number of aliphatic carboxylic acids is 1. The summed E-state index contributed by atoms with van der Waals surface area (Å²) in [6, 6.07) is 3.55. The molecule has 3 rings (SSSR count). The first-order valence-electron chi connectivity index (χ1n) is 6.54. The molecule has 1 saturated carbocycles. The van der Waals surface area contributed by atoms with Crippen LogP contribution in [0.25, 0.3) is 5.65 Å². The van der Waals surface area contributed by atoms with Crippen molar-refractivity contribution < 1.29 is 9.90 Å². The van der Waals surface area contributed by atoms with Crippen LogP contribution in [-0.4, -0.2) is 26.5 Å². The number of fused-ring (bicyclic) bond motifs is 1. The van der Waals surface area contributed by atoms with Crippen molar-refractivity contribution in [2.75, 3.05) is 0 Å². The van der Waals surface area contributed by atoms with Crippen LogP contribution in [0.1, 0.15) is 24.1 Å². The van der Waals surface area contributed by atoms with Crippen molar-refractivity contribution in [1.29, 1.82) is 0 Å². The third kappa shape index (κ3) is 2.61. The third-order valence-electron chi connectivity index (χ3n) is 3.51. The summed E-state index contributed by atoms with van der Waals surface area (Å²) in [5.74, 6) is -0.473. The van der Waals surface area contributed by atoms with Gasteiger partial charge < -0.3 is 9.51 Å². The molecule has 2 aromatic heterocycles. The topological polar surface area (TPSA) is 66.6 Å². The molecule has 1 unspecified atom stereocenters. The number of carbonyl (C=O) groups is 1. The molecule has 1 fully saturated rings. The second-order valence-electron chi connectivity index (χ2n) is 5.24. The highest BCUT2D eigenvalue weighted by Crippen LogP contribution is 2.32. The third-order valence-corrected chi connectivity index (χ3v) is 3.51. The Kier molecular flexibility index (Phi) is 2.98. The largest absolute Gasteiger partial charge is 0.480 e. The summed E-state index contributed by atoms with van der Waals surface area (Å²) in [5, 5.41) is 12.2. The summed E-state index contributed by atoms with van der Waals surface area (Å²) in [4.78, 5) is 15.6. The van der Waals surface area contributed by atoms with Crippen molar-refractivity contribution in [2.45, 2.75) is 32.4 Å². The SMILES string of the molecule is Cc1ccc2nc(CNC(C(=O)O)C3CC3)cn2c1. The van der Waals surface area contributed by atoms with Gasteiger partial charge in [-0.3, -0.25) is 10.1 Å². The minimum Gasteiger partial charge on any atom is -0.480 e.